The predicted molar refractivity (Wildman–Crippen MR) is 90.8 cm³/mol. The molecule has 1 aliphatic heterocycles. The summed E-state index contributed by atoms with van der Waals surface area (Å²) in [6, 6.07) is 3.47. The van der Waals surface area contributed by atoms with Crippen molar-refractivity contribution in [1.82, 2.24) is 4.57 Å². The van der Waals surface area contributed by atoms with Gasteiger partial charge in [-0.1, -0.05) is 26.8 Å². The minimum atomic E-state index is -0.447. The van der Waals surface area contributed by atoms with Crippen LogP contribution in [0, 0.1) is 0 Å². The fraction of sp³-hybridized carbons (Fsp3) is 0.706. The van der Waals surface area contributed by atoms with E-state index in [0.29, 0.717) is 6.54 Å². The molecule has 1 aromatic rings. The Bertz CT molecular complexity index is 610. The predicted octanol–water partition coefficient (Wildman–Crippen LogP) is 2.46. The van der Waals surface area contributed by atoms with Gasteiger partial charge in [0.05, 0.1) is 11.2 Å². The summed E-state index contributed by atoms with van der Waals surface area (Å²) in [5.74, 6) is 0. The van der Waals surface area contributed by atoms with Crippen molar-refractivity contribution in [2.75, 3.05) is 0 Å². The van der Waals surface area contributed by atoms with Crippen LogP contribution >= 0.6 is 0 Å². The van der Waals surface area contributed by atoms with E-state index < -0.39 is 7.12 Å². The van der Waals surface area contributed by atoms with Crippen molar-refractivity contribution in [3.8, 4) is 0 Å². The van der Waals surface area contributed by atoms with E-state index in [1.54, 1.807) is 6.07 Å². The molecule has 0 saturated carbocycles. The highest BCUT2D eigenvalue weighted by atomic mass is 16.7. The zero-order chi connectivity index (χ0) is 16.9. The number of hydrogen-bond donors (Lipinski definition) is 0. The van der Waals surface area contributed by atoms with Gasteiger partial charge in [0, 0.05) is 29.2 Å². The number of rotatable bonds is 2. The molecule has 0 radical (unpaired) electrons. The molecule has 0 aliphatic carbocycles. The van der Waals surface area contributed by atoms with Crippen molar-refractivity contribution in [2.24, 2.45) is 0 Å². The quantitative estimate of drug-likeness (QED) is 0.788. The normalized spacial score (nSPS) is 20.5. The maximum atomic E-state index is 12.2. The van der Waals surface area contributed by atoms with Gasteiger partial charge in [0.25, 0.3) is 5.56 Å². The maximum Gasteiger partial charge on any atom is 0.496 e. The number of aromatic nitrogens is 1. The van der Waals surface area contributed by atoms with E-state index in [0.717, 1.165) is 11.2 Å². The van der Waals surface area contributed by atoms with Crippen LogP contribution in [0.15, 0.2) is 16.9 Å². The van der Waals surface area contributed by atoms with Gasteiger partial charge in [-0.3, -0.25) is 4.79 Å². The van der Waals surface area contributed by atoms with Crippen LogP contribution in [0.1, 0.15) is 61.1 Å². The van der Waals surface area contributed by atoms with Gasteiger partial charge in [0.15, 0.2) is 0 Å². The van der Waals surface area contributed by atoms with Crippen LogP contribution in [0.3, 0.4) is 0 Å². The van der Waals surface area contributed by atoms with Crippen LogP contribution < -0.4 is 11.0 Å². The SMILES string of the molecule is CCn1c(C(C)(C)C)c(B2OC(C)(C)C(C)(C)O2)ccc1=O. The Balaban J connectivity index is 2.61. The van der Waals surface area contributed by atoms with Gasteiger partial charge in [-0.25, -0.2) is 0 Å². The van der Waals surface area contributed by atoms with Crippen molar-refractivity contribution in [3.05, 3.63) is 28.2 Å². The van der Waals surface area contributed by atoms with Gasteiger partial charge >= 0.3 is 7.12 Å². The Morgan fingerprint density at radius 1 is 1.09 bits per heavy atom. The van der Waals surface area contributed by atoms with Gasteiger partial charge in [0.2, 0.25) is 0 Å². The molecule has 4 nitrogen and oxygen atoms in total. The van der Waals surface area contributed by atoms with Crippen molar-refractivity contribution in [2.45, 2.75) is 78.6 Å². The Hall–Kier alpha value is -1.07. The molecule has 0 aromatic carbocycles. The molecule has 0 amide bonds. The van der Waals surface area contributed by atoms with Crippen molar-refractivity contribution in [3.63, 3.8) is 0 Å². The van der Waals surface area contributed by atoms with Crippen molar-refractivity contribution in [1.29, 1.82) is 0 Å². The molecule has 0 spiro atoms. The largest absolute Gasteiger partial charge is 0.496 e. The highest BCUT2D eigenvalue weighted by molar-refractivity contribution is 6.62. The molecule has 0 atom stereocenters. The molecule has 0 unspecified atom stereocenters. The molecular weight excluding hydrogens is 277 g/mol. The molecule has 0 N–H and O–H groups in total. The summed E-state index contributed by atoms with van der Waals surface area (Å²) in [4.78, 5) is 12.2. The molecule has 0 bridgehead atoms. The van der Waals surface area contributed by atoms with Crippen LogP contribution in [0.5, 0.6) is 0 Å². The Morgan fingerprint density at radius 3 is 2.00 bits per heavy atom. The lowest BCUT2D eigenvalue weighted by molar-refractivity contribution is 0.00578. The highest BCUT2D eigenvalue weighted by Gasteiger charge is 2.52. The van der Waals surface area contributed by atoms with E-state index in [1.165, 1.54) is 0 Å². The molecule has 1 saturated heterocycles. The van der Waals surface area contributed by atoms with Crippen molar-refractivity contribution >= 4 is 12.6 Å². The number of nitrogens with zero attached hydrogens (tertiary/aromatic N) is 1. The van der Waals surface area contributed by atoms with Crippen LogP contribution in [-0.2, 0) is 21.3 Å². The second kappa shape index (κ2) is 5.24. The fourth-order valence-electron chi connectivity index (χ4n) is 2.91. The van der Waals surface area contributed by atoms with E-state index in [1.807, 2.05) is 45.3 Å². The molecular formula is C17H28BNO3. The van der Waals surface area contributed by atoms with Gasteiger partial charge in [0.1, 0.15) is 0 Å². The second-order valence-corrected chi connectivity index (χ2v) is 8.06. The Labute approximate surface area is 134 Å². The van der Waals surface area contributed by atoms with Gasteiger partial charge in [-0.05, 0) is 34.6 Å². The van der Waals surface area contributed by atoms with E-state index in [4.69, 9.17) is 9.31 Å². The van der Waals surface area contributed by atoms with Crippen LogP contribution in [-0.4, -0.2) is 22.9 Å². The van der Waals surface area contributed by atoms with E-state index in [9.17, 15) is 4.79 Å². The summed E-state index contributed by atoms with van der Waals surface area (Å²) in [5, 5.41) is 0. The summed E-state index contributed by atoms with van der Waals surface area (Å²) in [5.41, 5.74) is 1.01. The zero-order valence-electron chi connectivity index (χ0n) is 15.1. The maximum absolute atomic E-state index is 12.2. The lowest BCUT2D eigenvalue weighted by Crippen LogP contribution is -2.45. The molecule has 122 valence electrons. The minimum Gasteiger partial charge on any atom is -0.399 e. The summed E-state index contributed by atoms with van der Waals surface area (Å²) in [7, 11) is -0.447. The fourth-order valence-corrected chi connectivity index (χ4v) is 2.91. The van der Waals surface area contributed by atoms with Gasteiger partial charge in [-0.15, -0.1) is 0 Å². The third kappa shape index (κ3) is 2.76. The molecule has 1 aromatic heterocycles. The highest BCUT2D eigenvalue weighted by Crippen LogP contribution is 2.37. The average Bonchev–Trinajstić information content (AvgIpc) is 2.56. The third-order valence-corrected chi connectivity index (χ3v) is 4.75. The average molecular weight is 305 g/mol. The lowest BCUT2D eigenvalue weighted by atomic mass is 9.72. The number of hydrogen-bond acceptors (Lipinski definition) is 3. The number of pyridine rings is 1. The molecule has 2 rings (SSSR count). The summed E-state index contributed by atoms with van der Waals surface area (Å²) in [6.07, 6.45) is 0. The third-order valence-electron chi connectivity index (χ3n) is 4.75. The Morgan fingerprint density at radius 2 is 1.59 bits per heavy atom. The molecule has 22 heavy (non-hydrogen) atoms. The van der Waals surface area contributed by atoms with Gasteiger partial charge < -0.3 is 13.9 Å². The Kier molecular flexibility index (Phi) is 4.12. The zero-order valence-corrected chi connectivity index (χ0v) is 15.1. The van der Waals surface area contributed by atoms with Crippen LogP contribution in [0.25, 0.3) is 0 Å². The summed E-state index contributed by atoms with van der Waals surface area (Å²) < 4.78 is 14.2. The van der Waals surface area contributed by atoms with Crippen molar-refractivity contribution < 1.29 is 9.31 Å². The first-order valence-electron chi connectivity index (χ1n) is 8.00. The van der Waals surface area contributed by atoms with Crippen LogP contribution in [0.4, 0.5) is 0 Å². The second-order valence-electron chi connectivity index (χ2n) is 8.06. The van der Waals surface area contributed by atoms with Gasteiger partial charge in [-0.2, -0.15) is 0 Å². The summed E-state index contributed by atoms with van der Waals surface area (Å²) in [6.45, 7) is 17.1. The van der Waals surface area contributed by atoms with E-state index >= 15 is 0 Å². The van der Waals surface area contributed by atoms with Crippen LogP contribution in [0.2, 0.25) is 0 Å². The first-order valence-corrected chi connectivity index (χ1v) is 8.00. The topological polar surface area (TPSA) is 40.5 Å². The molecule has 5 heteroatoms. The standard InChI is InChI=1S/C17H28BNO3/c1-9-19-13(20)11-10-12(14(19)15(2,3)4)18-21-16(5,6)17(7,8)22-18/h10-11H,9H2,1-8H3. The lowest BCUT2D eigenvalue weighted by Gasteiger charge is -2.32. The monoisotopic (exact) mass is 305 g/mol. The molecule has 1 aliphatic rings. The first kappa shape index (κ1) is 17.3. The minimum absolute atomic E-state index is 0.0210. The smallest absolute Gasteiger partial charge is 0.399 e. The van der Waals surface area contributed by atoms with E-state index in [-0.39, 0.29) is 22.2 Å². The first-order chi connectivity index (χ1) is 9.90. The molecule has 1 fully saturated rings. The van der Waals surface area contributed by atoms with E-state index in [2.05, 4.69) is 20.8 Å². The summed E-state index contributed by atoms with van der Waals surface area (Å²) >= 11 is 0. The molecule has 2 heterocycles.